The maximum Gasteiger partial charge on any atom is 0.411 e. The highest BCUT2D eigenvalue weighted by atomic mass is 32.2. The molecule has 67 heavy (non-hydrogen) atoms. The molecule has 350 valence electrons. The molecule has 0 radical (unpaired) electrons. The van der Waals surface area contributed by atoms with Gasteiger partial charge in [-0.1, -0.05) is 39.8 Å². The quantitative estimate of drug-likeness (QED) is 0.131. The first-order valence-electron chi connectivity index (χ1n) is 22.3. The molecule has 20 heteroatoms. The van der Waals surface area contributed by atoms with Crippen LogP contribution in [0.4, 0.5) is 4.79 Å². The van der Waals surface area contributed by atoms with Crippen LogP contribution >= 0.6 is 0 Å². The number of sulfonamides is 1. The summed E-state index contributed by atoms with van der Waals surface area (Å²) in [4.78, 5) is 61.4. The SMILES string of the molecule is CCNC(=O)c1nnc(-c2cc(C(C)C)c(O)cc2O)n1C1C=CC(S(=O)(=O)N2CCN(C(=O)OC3(CC)C(=O)OCc4c3cc3n(c4=O)Cc4c-3nc3ccc(O)cc3c4CC)CC2)=CC1. The Morgan fingerprint density at radius 2 is 1.75 bits per heavy atom. The maximum absolute atomic E-state index is 14.2. The number of aryl methyl sites for hydroxylation is 1. The van der Waals surface area contributed by atoms with E-state index in [0.717, 1.165) is 16.5 Å². The Bertz CT molecular complexity index is 3150. The zero-order valence-electron chi connectivity index (χ0n) is 37.6. The van der Waals surface area contributed by atoms with Crippen molar-refractivity contribution in [2.45, 2.75) is 84.6 Å². The number of amides is 2. The number of rotatable bonds is 10. The molecule has 0 bridgehead atoms. The Morgan fingerprint density at radius 1 is 0.985 bits per heavy atom. The van der Waals surface area contributed by atoms with E-state index < -0.39 is 45.2 Å². The molecule has 3 aliphatic heterocycles. The van der Waals surface area contributed by atoms with Gasteiger partial charge in [-0.3, -0.25) is 14.2 Å². The zero-order chi connectivity index (χ0) is 47.7. The van der Waals surface area contributed by atoms with Crippen LogP contribution in [0.5, 0.6) is 17.2 Å². The van der Waals surface area contributed by atoms with Crippen molar-refractivity contribution >= 4 is 38.9 Å². The number of aromatic nitrogens is 5. The average molecular weight is 935 g/mol. The van der Waals surface area contributed by atoms with Crippen LogP contribution in [-0.4, -0.2) is 108 Å². The molecule has 3 aromatic heterocycles. The van der Waals surface area contributed by atoms with Gasteiger partial charge in [0.1, 0.15) is 23.9 Å². The largest absolute Gasteiger partial charge is 0.508 e. The first kappa shape index (κ1) is 45.1. The normalized spacial score (nSPS) is 19.2. The molecule has 9 rings (SSSR count). The molecule has 1 saturated heterocycles. The molecule has 4 aliphatic rings. The van der Waals surface area contributed by atoms with Crippen LogP contribution in [-0.2, 0) is 49.5 Å². The Kier molecular flexibility index (Phi) is 11.4. The Labute approximate surface area is 385 Å². The van der Waals surface area contributed by atoms with Gasteiger partial charge in [0.25, 0.3) is 11.5 Å². The molecule has 0 spiro atoms. The number of cyclic esters (lactones) is 1. The number of allylic oxidation sites excluding steroid dienone is 3. The number of ether oxygens (including phenoxy) is 2. The van der Waals surface area contributed by atoms with Crippen LogP contribution < -0.4 is 10.9 Å². The minimum atomic E-state index is -4.09. The van der Waals surface area contributed by atoms with Gasteiger partial charge in [0.05, 0.1) is 45.5 Å². The molecule has 2 amide bonds. The molecule has 2 atom stereocenters. The van der Waals surface area contributed by atoms with Crippen molar-refractivity contribution in [3.8, 4) is 40.0 Å². The van der Waals surface area contributed by atoms with Gasteiger partial charge >= 0.3 is 12.1 Å². The highest BCUT2D eigenvalue weighted by molar-refractivity contribution is 7.93. The van der Waals surface area contributed by atoms with E-state index >= 15 is 0 Å². The summed E-state index contributed by atoms with van der Waals surface area (Å²) in [5, 5.41) is 43.5. The number of esters is 1. The van der Waals surface area contributed by atoms with E-state index in [1.54, 1.807) is 54.8 Å². The minimum absolute atomic E-state index is 0.00196. The van der Waals surface area contributed by atoms with Gasteiger partial charge in [-0.05, 0) is 79.6 Å². The number of aromatic hydroxyl groups is 3. The highest BCUT2D eigenvalue weighted by Gasteiger charge is 2.51. The monoisotopic (exact) mass is 934 g/mol. The lowest BCUT2D eigenvalue weighted by molar-refractivity contribution is -0.173. The second kappa shape index (κ2) is 17.0. The van der Waals surface area contributed by atoms with Gasteiger partial charge in [-0.15, -0.1) is 10.2 Å². The third-order valence-corrected chi connectivity index (χ3v) is 15.1. The number of piperazine rings is 1. The van der Waals surface area contributed by atoms with Crippen LogP contribution in [0.3, 0.4) is 0 Å². The lowest BCUT2D eigenvalue weighted by Crippen LogP contribution is -2.54. The summed E-state index contributed by atoms with van der Waals surface area (Å²) in [7, 11) is -4.09. The van der Waals surface area contributed by atoms with E-state index in [-0.39, 0.29) is 109 Å². The number of pyridine rings is 2. The fourth-order valence-electron chi connectivity index (χ4n) is 9.58. The fourth-order valence-corrected chi connectivity index (χ4v) is 11.1. The molecule has 0 saturated carbocycles. The topological polar surface area (TPSA) is 249 Å². The molecule has 19 nitrogen and oxygen atoms in total. The number of phenolic OH excluding ortho intramolecular Hbond substituents is 3. The number of carbonyl (C=O) groups excluding carboxylic acids is 3. The first-order valence-corrected chi connectivity index (χ1v) is 23.7. The number of carbonyl (C=O) groups is 3. The van der Waals surface area contributed by atoms with E-state index in [0.29, 0.717) is 35.4 Å². The molecule has 1 fully saturated rings. The summed E-state index contributed by atoms with van der Waals surface area (Å²) < 4.78 is 44.2. The lowest BCUT2D eigenvalue weighted by Gasteiger charge is -2.39. The molecule has 2 aromatic carbocycles. The standard InChI is InChI=1S/C47H50N8O11S/c1-6-29-31-19-27(56)11-14-36(31)49-40-33(29)23-54-37(40)21-35-34(44(54)60)24-65-45(61)47(35,7-2)66-46(62)52-15-17-53(18-16-52)67(63,64)28-12-9-26(10-13-28)55-41(50-51-42(55)43(59)48-8-3)32-20-30(25(4)5)38(57)22-39(32)58/h9,11-14,19-22,25-26,56-58H,6-8,10,15-18,23-24H2,1-5H3,(H,48,59). The summed E-state index contributed by atoms with van der Waals surface area (Å²) >= 11 is 0. The van der Waals surface area contributed by atoms with Crippen LogP contribution in [0, 0.1) is 0 Å². The van der Waals surface area contributed by atoms with Gasteiger partial charge in [0.2, 0.25) is 21.4 Å². The second-order valence-corrected chi connectivity index (χ2v) is 19.2. The van der Waals surface area contributed by atoms with E-state index in [2.05, 4.69) is 15.5 Å². The van der Waals surface area contributed by atoms with Gasteiger partial charge in [-0.2, -0.15) is 4.31 Å². The second-order valence-electron chi connectivity index (χ2n) is 17.2. The molecule has 4 N–H and O–H groups in total. The first-order chi connectivity index (χ1) is 32.0. The molecule has 2 unspecified atom stereocenters. The van der Waals surface area contributed by atoms with Gasteiger partial charge in [0, 0.05) is 55.3 Å². The summed E-state index contributed by atoms with van der Waals surface area (Å²) in [6, 6.07) is 8.75. The van der Waals surface area contributed by atoms with E-state index in [1.165, 1.54) is 32.0 Å². The maximum atomic E-state index is 14.2. The van der Waals surface area contributed by atoms with Gasteiger partial charge in [0.15, 0.2) is 5.82 Å². The van der Waals surface area contributed by atoms with E-state index in [4.69, 9.17) is 14.5 Å². The molecular weight excluding hydrogens is 885 g/mol. The number of fused-ring (bicyclic) bond motifs is 5. The predicted octanol–water partition coefficient (Wildman–Crippen LogP) is 5.07. The highest BCUT2D eigenvalue weighted by Crippen LogP contribution is 2.44. The minimum Gasteiger partial charge on any atom is -0.508 e. The van der Waals surface area contributed by atoms with Crippen molar-refractivity contribution in [3.05, 3.63) is 104 Å². The van der Waals surface area contributed by atoms with Crippen LogP contribution in [0.15, 0.2) is 64.3 Å². The fraction of sp³-hybridized carbons (Fsp3) is 0.383. The lowest BCUT2D eigenvalue weighted by atomic mass is 9.85. The number of phenols is 3. The van der Waals surface area contributed by atoms with Crippen molar-refractivity contribution in [2.75, 3.05) is 32.7 Å². The van der Waals surface area contributed by atoms with Crippen molar-refractivity contribution in [1.82, 2.24) is 38.8 Å². The van der Waals surface area contributed by atoms with Crippen LogP contribution in [0.25, 0.3) is 33.7 Å². The summed E-state index contributed by atoms with van der Waals surface area (Å²) in [6.45, 7) is 9.03. The number of benzene rings is 2. The number of nitrogens with zero attached hydrogens (tertiary/aromatic N) is 7. The Hall–Kier alpha value is -7.06. The summed E-state index contributed by atoms with van der Waals surface area (Å²) in [5.41, 5.74) is 2.18. The molecule has 5 aromatic rings. The molecule has 6 heterocycles. The van der Waals surface area contributed by atoms with Crippen molar-refractivity contribution in [1.29, 1.82) is 0 Å². The predicted molar refractivity (Wildman–Crippen MR) is 244 cm³/mol. The van der Waals surface area contributed by atoms with E-state index in [9.17, 15) is 42.9 Å². The third kappa shape index (κ3) is 7.38. The number of hydrogen-bond donors (Lipinski definition) is 4. The van der Waals surface area contributed by atoms with Crippen molar-refractivity contribution in [3.63, 3.8) is 0 Å². The van der Waals surface area contributed by atoms with Gasteiger partial charge < -0.3 is 39.6 Å². The smallest absolute Gasteiger partial charge is 0.411 e. The zero-order valence-corrected chi connectivity index (χ0v) is 38.4. The van der Waals surface area contributed by atoms with Crippen LogP contribution in [0.1, 0.15) is 97.9 Å². The Morgan fingerprint density at radius 3 is 2.42 bits per heavy atom. The summed E-state index contributed by atoms with van der Waals surface area (Å²) in [5.74, 6) is -1.65. The van der Waals surface area contributed by atoms with Crippen LogP contribution in [0.2, 0.25) is 0 Å². The number of nitrogens with one attached hydrogen (secondary N) is 1. The molecular formula is C47H50N8O11S. The van der Waals surface area contributed by atoms with Crippen molar-refractivity contribution in [2.24, 2.45) is 0 Å². The average Bonchev–Trinajstić information content (AvgIpc) is 3.92. The van der Waals surface area contributed by atoms with Gasteiger partial charge in [-0.25, -0.2) is 23.0 Å². The number of hydrogen-bond acceptors (Lipinski definition) is 14. The Balaban J connectivity index is 0.932. The van der Waals surface area contributed by atoms with Crippen molar-refractivity contribution < 1.29 is 47.6 Å². The molecule has 1 aliphatic carbocycles. The van der Waals surface area contributed by atoms with E-state index in [1.807, 2.05) is 20.8 Å². The summed E-state index contributed by atoms with van der Waals surface area (Å²) in [6.07, 6.45) is 4.36. The third-order valence-electron chi connectivity index (χ3n) is 13.1.